The number of amides is 4. The van der Waals surface area contributed by atoms with Gasteiger partial charge in [0.15, 0.2) is 0 Å². The van der Waals surface area contributed by atoms with Gasteiger partial charge in [0.2, 0.25) is 0 Å². The largest absolute Gasteiger partial charge is 0.490 e. The molecule has 0 radical (unpaired) electrons. The molecule has 1 saturated heterocycles. The Kier molecular flexibility index (Phi) is 5.74. The SMILES string of the molecule is Cc1ccc(C)c(OCCOc2ccc(C=C3C(=O)NC(=O)NC3=O)cc2)c1. The number of hydrogen-bond donors (Lipinski definition) is 2. The molecule has 1 heterocycles. The van der Waals surface area contributed by atoms with E-state index >= 15 is 0 Å². The Bertz CT molecular complexity index is 926. The van der Waals surface area contributed by atoms with Crippen molar-refractivity contribution in [2.75, 3.05) is 13.2 Å². The van der Waals surface area contributed by atoms with Gasteiger partial charge in [0.25, 0.3) is 11.8 Å². The van der Waals surface area contributed by atoms with E-state index in [4.69, 9.17) is 9.47 Å². The number of carbonyl (C=O) groups excluding carboxylic acids is 3. The zero-order valence-corrected chi connectivity index (χ0v) is 15.6. The van der Waals surface area contributed by atoms with Gasteiger partial charge in [-0.1, -0.05) is 24.3 Å². The molecule has 0 unspecified atom stereocenters. The predicted molar refractivity (Wildman–Crippen MR) is 103 cm³/mol. The van der Waals surface area contributed by atoms with Gasteiger partial charge in [-0.15, -0.1) is 0 Å². The molecule has 7 nitrogen and oxygen atoms in total. The van der Waals surface area contributed by atoms with E-state index in [1.807, 2.05) is 42.7 Å². The van der Waals surface area contributed by atoms with Crippen LogP contribution in [0.5, 0.6) is 11.5 Å². The average molecular weight is 380 g/mol. The van der Waals surface area contributed by atoms with Crippen LogP contribution in [0.4, 0.5) is 4.79 Å². The lowest BCUT2D eigenvalue weighted by Gasteiger charge is -2.14. The monoisotopic (exact) mass is 380 g/mol. The van der Waals surface area contributed by atoms with Crippen LogP contribution in [0.1, 0.15) is 16.7 Å². The summed E-state index contributed by atoms with van der Waals surface area (Å²) in [5.41, 5.74) is 2.71. The zero-order valence-electron chi connectivity index (χ0n) is 15.6. The summed E-state index contributed by atoms with van der Waals surface area (Å²) in [6.45, 7) is 4.79. The molecule has 1 aliphatic heterocycles. The number of benzene rings is 2. The molecule has 3 rings (SSSR count). The van der Waals surface area contributed by atoms with Crippen LogP contribution in [0.15, 0.2) is 48.0 Å². The summed E-state index contributed by atoms with van der Waals surface area (Å²) in [5, 5.41) is 4.06. The van der Waals surface area contributed by atoms with E-state index in [9.17, 15) is 14.4 Å². The highest BCUT2D eigenvalue weighted by atomic mass is 16.5. The molecule has 0 aromatic heterocycles. The normalized spacial score (nSPS) is 13.6. The van der Waals surface area contributed by atoms with Crippen LogP contribution < -0.4 is 20.1 Å². The van der Waals surface area contributed by atoms with Crippen molar-refractivity contribution in [3.8, 4) is 11.5 Å². The van der Waals surface area contributed by atoms with Gasteiger partial charge < -0.3 is 9.47 Å². The lowest BCUT2D eigenvalue weighted by Crippen LogP contribution is -2.51. The minimum Gasteiger partial charge on any atom is -0.490 e. The first-order valence-electron chi connectivity index (χ1n) is 8.73. The van der Waals surface area contributed by atoms with E-state index in [1.165, 1.54) is 6.08 Å². The van der Waals surface area contributed by atoms with Crippen molar-refractivity contribution in [3.63, 3.8) is 0 Å². The summed E-state index contributed by atoms with van der Waals surface area (Å²) in [7, 11) is 0. The smallest absolute Gasteiger partial charge is 0.328 e. The van der Waals surface area contributed by atoms with Crippen molar-refractivity contribution in [1.82, 2.24) is 10.6 Å². The van der Waals surface area contributed by atoms with Gasteiger partial charge in [-0.3, -0.25) is 20.2 Å². The van der Waals surface area contributed by atoms with Crippen molar-refractivity contribution in [1.29, 1.82) is 0 Å². The molecule has 2 aromatic carbocycles. The van der Waals surface area contributed by atoms with Gasteiger partial charge in [-0.05, 0) is 54.8 Å². The Morgan fingerprint density at radius 2 is 1.50 bits per heavy atom. The number of ether oxygens (including phenoxy) is 2. The summed E-state index contributed by atoms with van der Waals surface area (Å²) in [5.74, 6) is 0.0304. The number of nitrogens with one attached hydrogen (secondary N) is 2. The number of imide groups is 2. The summed E-state index contributed by atoms with van der Waals surface area (Å²) >= 11 is 0. The minimum atomic E-state index is -0.820. The molecule has 7 heteroatoms. The van der Waals surface area contributed by atoms with Crippen molar-refractivity contribution >= 4 is 23.9 Å². The molecule has 0 atom stereocenters. The number of barbiturate groups is 1. The van der Waals surface area contributed by atoms with E-state index in [2.05, 4.69) is 0 Å². The van der Waals surface area contributed by atoms with Gasteiger partial charge in [0.1, 0.15) is 30.3 Å². The van der Waals surface area contributed by atoms with Crippen molar-refractivity contribution in [3.05, 3.63) is 64.7 Å². The first-order valence-corrected chi connectivity index (χ1v) is 8.73. The second kappa shape index (κ2) is 8.39. The maximum atomic E-state index is 11.7. The molecule has 0 spiro atoms. The fourth-order valence-corrected chi connectivity index (χ4v) is 2.61. The van der Waals surface area contributed by atoms with Gasteiger partial charge in [-0.2, -0.15) is 0 Å². The Morgan fingerprint density at radius 1 is 0.857 bits per heavy atom. The highest BCUT2D eigenvalue weighted by molar-refractivity contribution is 6.31. The number of aryl methyl sites for hydroxylation is 2. The Hall–Kier alpha value is -3.61. The average Bonchev–Trinajstić information content (AvgIpc) is 2.65. The van der Waals surface area contributed by atoms with Crippen LogP contribution in [-0.2, 0) is 9.59 Å². The molecule has 2 aromatic rings. The Labute approximate surface area is 162 Å². The third kappa shape index (κ3) is 4.76. The topological polar surface area (TPSA) is 93.7 Å². The molecule has 144 valence electrons. The molecule has 28 heavy (non-hydrogen) atoms. The molecular formula is C21H20N2O5. The quantitative estimate of drug-likeness (QED) is 0.456. The van der Waals surface area contributed by atoms with Crippen LogP contribution in [0.2, 0.25) is 0 Å². The standard InChI is InChI=1S/C21H20N2O5/c1-13-3-4-14(2)18(11-13)28-10-9-27-16-7-5-15(6-8-16)12-17-19(24)22-21(26)23-20(17)25/h3-8,11-12H,9-10H2,1-2H3,(H2,22,23,24,25,26). The van der Waals surface area contributed by atoms with E-state index in [-0.39, 0.29) is 5.57 Å². The maximum Gasteiger partial charge on any atom is 0.328 e. The van der Waals surface area contributed by atoms with E-state index in [0.29, 0.717) is 24.5 Å². The Morgan fingerprint density at radius 3 is 2.18 bits per heavy atom. The zero-order chi connectivity index (χ0) is 20.1. The highest BCUT2D eigenvalue weighted by Gasteiger charge is 2.27. The lowest BCUT2D eigenvalue weighted by atomic mass is 10.1. The van der Waals surface area contributed by atoms with Crippen molar-refractivity contribution in [2.45, 2.75) is 13.8 Å². The molecule has 4 amide bonds. The first-order chi connectivity index (χ1) is 13.4. The molecule has 0 bridgehead atoms. The van der Waals surface area contributed by atoms with Gasteiger partial charge in [0, 0.05) is 0 Å². The molecule has 1 aliphatic rings. The van der Waals surface area contributed by atoms with Crippen molar-refractivity contribution < 1.29 is 23.9 Å². The number of rotatable bonds is 6. The lowest BCUT2D eigenvalue weighted by molar-refractivity contribution is -0.123. The minimum absolute atomic E-state index is 0.129. The molecular weight excluding hydrogens is 360 g/mol. The summed E-state index contributed by atoms with van der Waals surface area (Å²) in [6.07, 6.45) is 1.41. The number of carbonyl (C=O) groups is 3. The first kappa shape index (κ1) is 19.2. The van der Waals surface area contributed by atoms with Crippen LogP contribution >= 0.6 is 0 Å². The van der Waals surface area contributed by atoms with Crippen LogP contribution in [0.3, 0.4) is 0 Å². The van der Waals surface area contributed by atoms with E-state index in [1.54, 1.807) is 24.3 Å². The second-order valence-electron chi connectivity index (χ2n) is 6.33. The number of hydrogen-bond acceptors (Lipinski definition) is 5. The van der Waals surface area contributed by atoms with Gasteiger partial charge >= 0.3 is 6.03 Å². The summed E-state index contributed by atoms with van der Waals surface area (Å²) < 4.78 is 11.4. The number of urea groups is 1. The van der Waals surface area contributed by atoms with Crippen LogP contribution in [0, 0.1) is 13.8 Å². The van der Waals surface area contributed by atoms with E-state index in [0.717, 1.165) is 16.9 Å². The molecule has 0 aliphatic carbocycles. The third-order valence-corrected chi connectivity index (χ3v) is 4.09. The summed E-state index contributed by atoms with van der Waals surface area (Å²) in [6, 6.07) is 12.1. The van der Waals surface area contributed by atoms with Crippen LogP contribution in [0.25, 0.3) is 6.08 Å². The third-order valence-electron chi connectivity index (χ3n) is 4.09. The van der Waals surface area contributed by atoms with Crippen molar-refractivity contribution in [2.24, 2.45) is 0 Å². The predicted octanol–water partition coefficient (Wildman–Crippen LogP) is 2.51. The molecule has 0 saturated carbocycles. The fourth-order valence-electron chi connectivity index (χ4n) is 2.61. The van der Waals surface area contributed by atoms with Gasteiger partial charge in [-0.25, -0.2) is 4.79 Å². The van der Waals surface area contributed by atoms with E-state index < -0.39 is 17.8 Å². The maximum absolute atomic E-state index is 11.7. The van der Waals surface area contributed by atoms with Gasteiger partial charge in [0.05, 0.1) is 0 Å². The molecule has 2 N–H and O–H groups in total. The molecule has 1 fully saturated rings. The van der Waals surface area contributed by atoms with Crippen LogP contribution in [-0.4, -0.2) is 31.1 Å². The second-order valence-corrected chi connectivity index (χ2v) is 6.33. The fraction of sp³-hybridized carbons (Fsp3) is 0.190. The highest BCUT2D eigenvalue weighted by Crippen LogP contribution is 2.19. The summed E-state index contributed by atoms with van der Waals surface area (Å²) in [4.78, 5) is 34.5. The Balaban J connectivity index is 1.54.